The van der Waals surface area contributed by atoms with Crippen molar-refractivity contribution in [2.45, 2.75) is 59.0 Å². The smallest absolute Gasteiger partial charge is 0.306 e. The summed E-state index contributed by atoms with van der Waals surface area (Å²) < 4.78 is 5.72. The topological polar surface area (TPSA) is 26.3 Å². The maximum absolute atomic E-state index is 11.8. The van der Waals surface area contributed by atoms with Crippen molar-refractivity contribution >= 4 is 5.97 Å². The minimum atomic E-state index is -0.453. The van der Waals surface area contributed by atoms with Gasteiger partial charge >= 0.3 is 5.97 Å². The van der Waals surface area contributed by atoms with E-state index in [9.17, 15) is 4.79 Å². The number of esters is 1. The van der Waals surface area contributed by atoms with Crippen molar-refractivity contribution in [2.75, 3.05) is 0 Å². The molecule has 2 nitrogen and oxygen atoms in total. The molecule has 2 heteroatoms. The number of carbonyl (C=O) groups excluding carboxylic acids is 1. The van der Waals surface area contributed by atoms with Crippen LogP contribution in [0.5, 0.6) is 0 Å². The molecule has 1 rings (SSSR count). The molecule has 1 atom stereocenters. The molecule has 0 heterocycles. The van der Waals surface area contributed by atoms with Crippen molar-refractivity contribution < 1.29 is 9.53 Å². The molecular formula is C15H24O2. The second-order valence-electron chi connectivity index (χ2n) is 5.60. The van der Waals surface area contributed by atoms with E-state index in [1.165, 1.54) is 5.57 Å². The van der Waals surface area contributed by atoms with Gasteiger partial charge in [-0.3, -0.25) is 4.79 Å². The van der Waals surface area contributed by atoms with E-state index in [0.717, 1.165) is 24.8 Å². The lowest BCUT2D eigenvalue weighted by Gasteiger charge is -2.36. The summed E-state index contributed by atoms with van der Waals surface area (Å²) in [4.78, 5) is 11.8. The molecule has 0 aromatic rings. The molecular weight excluding hydrogens is 212 g/mol. The zero-order valence-electron chi connectivity index (χ0n) is 11.5. The monoisotopic (exact) mass is 236 g/mol. The highest BCUT2D eigenvalue weighted by molar-refractivity contribution is 5.70. The van der Waals surface area contributed by atoms with Gasteiger partial charge < -0.3 is 4.74 Å². The average molecular weight is 236 g/mol. The zero-order chi connectivity index (χ0) is 13.1. The van der Waals surface area contributed by atoms with E-state index in [-0.39, 0.29) is 5.97 Å². The largest absolute Gasteiger partial charge is 0.454 e. The van der Waals surface area contributed by atoms with Crippen LogP contribution in [0.15, 0.2) is 23.8 Å². The molecule has 0 aromatic heterocycles. The van der Waals surface area contributed by atoms with Gasteiger partial charge in [0.15, 0.2) is 0 Å². The molecule has 0 saturated heterocycles. The maximum Gasteiger partial charge on any atom is 0.306 e. The number of hydrogen-bond acceptors (Lipinski definition) is 2. The van der Waals surface area contributed by atoms with Crippen molar-refractivity contribution in [2.24, 2.45) is 5.92 Å². The SMILES string of the molecule is C=C(C)C1(OC(=O)CC(C)C)CC=C(C)CC1. The summed E-state index contributed by atoms with van der Waals surface area (Å²) in [7, 11) is 0. The first-order valence-electron chi connectivity index (χ1n) is 6.39. The second kappa shape index (κ2) is 5.52. The Balaban J connectivity index is 2.74. The zero-order valence-corrected chi connectivity index (χ0v) is 11.5. The van der Waals surface area contributed by atoms with Crippen LogP contribution in [0.4, 0.5) is 0 Å². The summed E-state index contributed by atoms with van der Waals surface area (Å²) >= 11 is 0. The van der Waals surface area contributed by atoms with Gasteiger partial charge in [0.2, 0.25) is 0 Å². The first-order valence-corrected chi connectivity index (χ1v) is 6.39. The van der Waals surface area contributed by atoms with Crippen LogP contribution in [0.2, 0.25) is 0 Å². The summed E-state index contributed by atoms with van der Waals surface area (Å²) in [6.07, 6.45) is 5.28. The lowest BCUT2D eigenvalue weighted by Crippen LogP contribution is -2.37. The van der Waals surface area contributed by atoms with Gasteiger partial charge in [-0.05, 0) is 38.2 Å². The Bertz CT molecular complexity index is 339. The van der Waals surface area contributed by atoms with Crippen LogP contribution >= 0.6 is 0 Å². The molecule has 96 valence electrons. The number of carbonyl (C=O) groups is 1. The molecule has 1 aliphatic rings. The minimum absolute atomic E-state index is 0.101. The van der Waals surface area contributed by atoms with Crippen LogP contribution in [0.25, 0.3) is 0 Å². The molecule has 0 aliphatic heterocycles. The summed E-state index contributed by atoms with van der Waals surface area (Å²) in [5.41, 5.74) is 1.88. The number of hydrogen-bond donors (Lipinski definition) is 0. The van der Waals surface area contributed by atoms with Gasteiger partial charge in [0.05, 0.1) is 0 Å². The molecule has 0 fully saturated rings. The third-order valence-electron chi connectivity index (χ3n) is 3.37. The van der Waals surface area contributed by atoms with E-state index in [4.69, 9.17) is 4.74 Å². The van der Waals surface area contributed by atoms with Gasteiger partial charge in [0, 0.05) is 12.8 Å². The van der Waals surface area contributed by atoms with Crippen molar-refractivity contribution in [1.29, 1.82) is 0 Å². The van der Waals surface area contributed by atoms with Crippen LogP contribution in [-0.4, -0.2) is 11.6 Å². The minimum Gasteiger partial charge on any atom is -0.454 e. The molecule has 17 heavy (non-hydrogen) atoms. The van der Waals surface area contributed by atoms with Gasteiger partial charge in [0.1, 0.15) is 5.60 Å². The number of allylic oxidation sites excluding steroid dienone is 1. The van der Waals surface area contributed by atoms with Crippen LogP contribution in [0.3, 0.4) is 0 Å². The third-order valence-corrected chi connectivity index (χ3v) is 3.37. The van der Waals surface area contributed by atoms with Gasteiger partial charge in [-0.25, -0.2) is 0 Å². The molecule has 0 bridgehead atoms. The second-order valence-corrected chi connectivity index (χ2v) is 5.60. The number of rotatable bonds is 4. The van der Waals surface area contributed by atoms with Crippen LogP contribution in [0, 0.1) is 5.92 Å². The molecule has 1 unspecified atom stereocenters. The molecule has 1 aliphatic carbocycles. The first kappa shape index (κ1) is 14.0. The predicted octanol–water partition coefficient (Wildman–Crippen LogP) is 4.02. The van der Waals surface area contributed by atoms with Crippen molar-refractivity contribution in [3.63, 3.8) is 0 Å². The van der Waals surface area contributed by atoms with Gasteiger partial charge in [0.25, 0.3) is 0 Å². The Morgan fingerprint density at radius 2 is 2.24 bits per heavy atom. The first-order chi connectivity index (χ1) is 7.85. The maximum atomic E-state index is 11.8. The Kier molecular flexibility index (Phi) is 4.55. The highest BCUT2D eigenvalue weighted by atomic mass is 16.6. The third kappa shape index (κ3) is 3.72. The fraction of sp³-hybridized carbons (Fsp3) is 0.667. The highest BCUT2D eigenvalue weighted by Gasteiger charge is 2.36. The van der Waals surface area contributed by atoms with E-state index < -0.39 is 5.60 Å². The van der Waals surface area contributed by atoms with E-state index in [1.807, 2.05) is 20.8 Å². The van der Waals surface area contributed by atoms with Crippen LogP contribution in [0.1, 0.15) is 53.4 Å². The summed E-state index contributed by atoms with van der Waals surface area (Å²) in [6, 6.07) is 0. The van der Waals surface area contributed by atoms with Crippen molar-refractivity contribution in [1.82, 2.24) is 0 Å². The van der Waals surface area contributed by atoms with Gasteiger partial charge in [-0.2, -0.15) is 0 Å². The molecule has 0 saturated carbocycles. The predicted molar refractivity (Wildman–Crippen MR) is 70.7 cm³/mol. The van der Waals surface area contributed by atoms with E-state index in [2.05, 4.69) is 19.6 Å². The lowest BCUT2D eigenvalue weighted by atomic mass is 9.81. The molecule has 0 aromatic carbocycles. The molecule has 0 spiro atoms. The fourth-order valence-corrected chi connectivity index (χ4v) is 2.10. The average Bonchev–Trinajstić information content (AvgIpc) is 2.20. The molecule has 0 radical (unpaired) electrons. The fourth-order valence-electron chi connectivity index (χ4n) is 2.10. The summed E-state index contributed by atoms with van der Waals surface area (Å²) in [5.74, 6) is 0.237. The van der Waals surface area contributed by atoms with Gasteiger partial charge in [-0.1, -0.05) is 32.1 Å². The van der Waals surface area contributed by atoms with Crippen LogP contribution < -0.4 is 0 Å². The lowest BCUT2D eigenvalue weighted by molar-refractivity contribution is -0.157. The van der Waals surface area contributed by atoms with Gasteiger partial charge in [-0.15, -0.1) is 0 Å². The Hall–Kier alpha value is -1.05. The standard InChI is InChI=1S/C15H24O2/c1-11(2)10-14(16)17-15(12(3)4)8-6-13(5)7-9-15/h6,11H,3,7-10H2,1-2,4-5H3. The normalized spacial score (nSPS) is 24.4. The summed E-state index contributed by atoms with van der Waals surface area (Å²) in [6.45, 7) is 12.1. The van der Waals surface area contributed by atoms with Crippen molar-refractivity contribution in [3.8, 4) is 0 Å². The Labute approximate surface area is 105 Å². The quantitative estimate of drug-likeness (QED) is 0.544. The Morgan fingerprint density at radius 3 is 2.65 bits per heavy atom. The van der Waals surface area contributed by atoms with Crippen molar-refractivity contribution in [3.05, 3.63) is 23.8 Å². The van der Waals surface area contributed by atoms with E-state index in [1.54, 1.807) is 0 Å². The highest BCUT2D eigenvalue weighted by Crippen LogP contribution is 2.36. The summed E-state index contributed by atoms with van der Waals surface area (Å²) in [5, 5.41) is 0. The molecule has 0 amide bonds. The van der Waals surface area contributed by atoms with Crippen LogP contribution in [-0.2, 0) is 9.53 Å². The Morgan fingerprint density at radius 1 is 1.59 bits per heavy atom. The van der Waals surface area contributed by atoms with E-state index >= 15 is 0 Å². The number of ether oxygens (including phenoxy) is 1. The molecule has 0 N–H and O–H groups in total. The van der Waals surface area contributed by atoms with E-state index in [0.29, 0.717) is 12.3 Å².